The highest BCUT2D eigenvalue weighted by Crippen LogP contribution is 2.31. The van der Waals surface area contributed by atoms with E-state index in [0.717, 1.165) is 28.9 Å². The van der Waals surface area contributed by atoms with E-state index in [1.807, 2.05) is 24.3 Å². The Hall–Kier alpha value is -2.38. The minimum Gasteiger partial charge on any atom is -0.494 e. The number of aromatic nitrogens is 1. The standard InChI is InChI=1S/C18H23N3O4/c1-20(12-17(22)23)10-13-11-21(8-9-25-13)15-6-7-19-18-14(15)4-3-5-16(18)24-2/h3-7,13H,8-12H2,1-2H3,(H,22,23). The Morgan fingerprint density at radius 1 is 1.48 bits per heavy atom. The van der Waals surface area contributed by atoms with E-state index >= 15 is 0 Å². The fourth-order valence-electron chi connectivity index (χ4n) is 3.27. The van der Waals surface area contributed by atoms with Crippen molar-refractivity contribution in [3.63, 3.8) is 0 Å². The highest BCUT2D eigenvalue weighted by atomic mass is 16.5. The predicted molar refractivity (Wildman–Crippen MR) is 95.4 cm³/mol. The van der Waals surface area contributed by atoms with Gasteiger partial charge in [0.05, 0.1) is 26.4 Å². The van der Waals surface area contributed by atoms with Gasteiger partial charge in [-0.05, 0) is 19.2 Å². The van der Waals surface area contributed by atoms with Crippen LogP contribution in [0.25, 0.3) is 10.9 Å². The number of carboxylic acids is 1. The maximum absolute atomic E-state index is 10.8. The molecule has 0 bridgehead atoms. The smallest absolute Gasteiger partial charge is 0.317 e. The summed E-state index contributed by atoms with van der Waals surface area (Å²) in [6, 6.07) is 7.92. The van der Waals surface area contributed by atoms with Crippen LogP contribution in [0, 0.1) is 0 Å². The molecule has 1 aromatic carbocycles. The number of methoxy groups -OCH3 is 1. The molecule has 0 spiro atoms. The third kappa shape index (κ3) is 4.00. The van der Waals surface area contributed by atoms with Crippen LogP contribution in [0.4, 0.5) is 5.69 Å². The number of anilines is 1. The van der Waals surface area contributed by atoms with Crippen LogP contribution in [0.15, 0.2) is 30.5 Å². The quantitative estimate of drug-likeness (QED) is 0.849. The van der Waals surface area contributed by atoms with Crippen LogP contribution >= 0.6 is 0 Å². The lowest BCUT2D eigenvalue weighted by atomic mass is 10.1. The number of morpholine rings is 1. The van der Waals surface area contributed by atoms with Gasteiger partial charge in [0.15, 0.2) is 0 Å². The number of rotatable bonds is 6. The van der Waals surface area contributed by atoms with Gasteiger partial charge in [0.1, 0.15) is 11.3 Å². The van der Waals surface area contributed by atoms with Crippen molar-refractivity contribution in [2.75, 3.05) is 51.8 Å². The van der Waals surface area contributed by atoms with Gasteiger partial charge in [-0.3, -0.25) is 14.7 Å². The molecule has 134 valence electrons. The number of carboxylic acid groups (broad SMARTS) is 1. The molecule has 2 heterocycles. The summed E-state index contributed by atoms with van der Waals surface area (Å²) >= 11 is 0. The van der Waals surface area contributed by atoms with E-state index in [4.69, 9.17) is 14.6 Å². The number of pyridine rings is 1. The van der Waals surface area contributed by atoms with Gasteiger partial charge in [-0.1, -0.05) is 12.1 Å². The number of hydrogen-bond acceptors (Lipinski definition) is 6. The molecule has 0 amide bonds. The van der Waals surface area contributed by atoms with Gasteiger partial charge in [0.25, 0.3) is 0 Å². The van der Waals surface area contributed by atoms with E-state index in [1.54, 1.807) is 25.3 Å². The average molecular weight is 345 g/mol. The molecule has 2 aromatic rings. The van der Waals surface area contributed by atoms with Gasteiger partial charge < -0.3 is 19.5 Å². The van der Waals surface area contributed by atoms with Crippen LogP contribution in [-0.2, 0) is 9.53 Å². The molecule has 1 saturated heterocycles. The van der Waals surface area contributed by atoms with Crippen molar-refractivity contribution < 1.29 is 19.4 Å². The van der Waals surface area contributed by atoms with Crippen LogP contribution in [-0.4, -0.2) is 74.0 Å². The van der Waals surface area contributed by atoms with Gasteiger partial charge in [-0.2, -0.15) is 0 Å². The maximum atomic E-state index is 10.8. The van der Waals surface area contributed by atoms with Crippen molar-refractivity contribution in [1.29, 1.82) is 0 Å². The largest absolute Gasteiger partial charge is 0.494 e. The molecule has 0 saturated carbocycles. The first-order chi connectivity index (χ1) is 12.1. The fraction of sp³-hybridized carbons (Fsp3) is 0.444. The molecule has 7 nitrogen and oxygen atoms in total. The number of carbonyl (C=O) groups is 1. The van der Waals surface area contributed by atoms with Crippen LogP contribution in [0.5, 0.6) is 5.75 Å². The molecule has 1 N–H and O–H groups in total. The van der Waals surface area contributed by atoms with Gasteiger partial charge in [0, 0.05) is 36.9 Å². The summed E-state index contributed by atoms with van der Waals surface area (Å²) in [7, 11) is 3.44. The lowest BCUT2D eigenvalue weighted by molar-refractivity contribution is -0.138. The zero-order valence-corrected chi connectivity index (χ0v) is 14.5. The molecule has 1 fully saturated rings. The first kappa shape index (κ1) is 17.4. The first-order valence-corrected chi connectivity index (χ1v) is 8.27. The molecule has 1 aromatic heterocycles. The molecule has 7 heteroatoms. The SMILES string of the molecule is COc1cccc2c(N3CCOC(CN(C)CC(=O)O)C3)ccnc12. The van der Waals surface area contributed by atoms with Crippen molar-refractivity contribution in [3.8, 4) is 5.75 Å². The van der Waals surface area contributed by atoms with Crippen molar-refractivity contribution in [3.05, 3.63) is 30.5 Å². The van der Waals surface area contributed by atoms with Crippen LogP contribution in [0.3, 0.4) is 0 Å². The molecular formula is C18H23N3O4. The first-order valence-electron chi connectivity index (χ1n) is 8.27. The third-order valence-electron chi connectivity index (χ3n) is 4.33. The van der Waals surface area contributed by atoms with Gasteiger partial charge in [0.2, 0.25) is 0 Å². The molecular weight excluding hydrogens is 322 g/mol. The van der Waals surface area contributed by atoms with Crippen LogP contribution in [0.1, 0.15) is 0 Å². The normalized spacial score (nSPS) is 17.9. The highest BCUT2D eigenvalue weighted by Gasteiger charge is 2.24. The van der Waals surface area contributed by atoms with Crippen molar-refractivity contribution in [2.24, 2.45) is 0 Å². The lowest BCUT2D eigenvalue weighted by Crippen LogP contribution is -2.47. The zero-order valence-electron chi connectivity index (χ0n) is 14.5. The average Bonchev–Trinajstić information content (AvgIpc) is 2.60. The van der Waals surface area contributed by atoms with Crippen LogP contribution < -0.4 is 9.64 Å². The Bertz CT molecular complexity index is 752. The van der Waals surface area contributed by atoms with Crippen molar-refractivity contribution in [1.82, 2.24) is 9.88 Å². The Labute approximate surface area is 146 Å². The number of nitrogens with zero attached hydrogens (tertiary/aromatic N) is 3. The number of benzene rings is 1. The number of likely N-dealkylation sites (N-methyl/N-ethyl adjacent to an activating group) is 1. The van der Waals surface area contributed by atoms with E-state index in [2.05, 4.69) is 9.88 Å². The number of aliphatic carboxylic acids is 1. The molecule has 25 heavy (non-hydrogen) atoms. The number of fused-ring (bicyclic) bond motifs is 1. The maximum Gasteiger partial charge on any atom is 0.317 e. The van der Waals surface area contributed by atoms with E-state index in [-0.39, 0.29) is 12.6 Å². The molecule has 3 rings (SSSR count). The van der Waals surface area contributed by atoms with Gasteiger partial charge in [-0.25, -0.2) is 0 Å². The number of ether oxygens (including phenoxy) is 2. The molecule has 1 aliphatic heterocycles. The molecule has 1 atom stereocenters. The van der Waals surface area contributed by atoms with E-state index in [9.17, 15) is 4.79 Å². The predicted octanol–water partition coefficient (Wildman–Crippen LogP) is 1.46. The number of para-hydroxylation sites is 1. The van der Waals surface area contributed by atoms with Crippen molar-refractivity contribution in [2.45, 2.75) is 6.10 Å². The molecule has 0 aliphatic carbocycles. The summed E-state index contributed by atoms with van der Waals surface area (Å²) in [5.74, 6) is -0.0762. The molecule has 1 unspecified atom stereocenters. The summed E-state index contributed by atoms with van der Waals surface area (Å²) in [5.41, 5.74) is 1.94. The van der Waals surface area contributed by atoms with E-state index in [0.29, 0.717) is 19.7 Å². The second-order valence-electron chi connectivity index (χ2n) is 6.22. The number of hydrogen-bond donors (Lipinski definition) is 1. The summed E-state index contributed by atoms with van der Waals surface area (Å²) in [4.78, 5) is 19.3. The Kier molecular flexibility index (Phi) is 5.35. The minimum atomic E-state index is -0.831. The molecule has 0 radical (unpaired) electrons. The summed E-state index contributed by atoms with van der Waals surface area (Å²) in [6.45, 7) is 2.69. The van der Waals surface area contributed by atoms with Crippen LogP contribution in [0.2, 0.25) is 0 Å². The zero-order chi connectivity index (χ0) is 17.8. The topological polar surface area (TPSA) is 75.1 Å². The minimum absolute atomic E-state index is 0.00917. The van der Waals surface area contributed by atoms with E-state index in [1.165, 1.54) is 0 Å². The summed E-state index contributed by atoms with van der Waals surface area (Å²) < 4.78 is 11.2. The van der Waals surface area contributed by atoms with E-state index < -0.39 is 5.97 Å². The second-order valence-corrected chi connectivity index (χ2v) is 6.22. The van der Waals surface area contributed by atoms with Gasteiger partial charge in [-0.15, -0.1) is 0 Å². The lowest BCUT2D eigenvalue weighted by Gasteiger charge is -2.36. The summed E-state index contributed by atoms with van der Waals surface area (Å²) in [5, 5.41) is 9.94. The van der Waals surface area contributed by atoms with Crippen molar-refractivity contribution >= 4 is 22.6 Å². The Balaban J connectivity index is 1.80. The Morgan fingerprint density at radius 2 is 2.32 bits per heavy atom. The summed E-state index contributed by atoms with van der Waals surface area (Å²) in [6.07, 6.45) is 1.76. The molecule has 1 aliphatic rings. The highest BCUT2D eigenvalue weighted by molar-refractivity contribution is 5.95. The monoisotopic (exact) mass is 345 g/mol. The third-order valence-corrected chi connectivity index (χ3v) is 4.33. The van der Waals surface area contributed by atoms with Gasteiger partial charge >= 0.3 is 5.97 Å². The Morgan fingerprint density at radius 3 is 3.08 bits per heavy atom. The fourth-order valence-corrected chi connectivity index (χ4v) is 3.27. The second kappa shape index (κ2) is 7.67.